The molecule has 39 heavy (non-hydrogen) atoms. The van der Waals surface area contributed by atoms with Crippen LogP contribution >= 0.6 is 11.8 Å². The fourth-order valence-electron chi connectivity index (χ4n) is 3.92. The van der Waals surface area contributed by atoms with Crippen LogP contribution in [0.25, 0.3) is 0 Å². The summed E-state index contributed by atoms with van der Waals surface area (Å²) in [7, 11) is 0. The van der Waals surface area contributed by atoms with Crippen molar-refractivity contribution in [2.45, 2.75) is 63.8 Å². The predicted octanol–water partition coefficient (Wildman–Crippen LogP) is 6.81. The number of ether oxygens (including phenoxy) is 1. The number of hydrogen-bond donors (Lipinski definition) is 1. The predicted molar refractivity (Wildman–Crippen MR) is 146 cm³/mol. The highest BCUT2D eigenvalue weighted by Crippen LogP contribution is 2.34. The minimum absolute atomic E-state index is 0.0479. The van der Waals surface area contributed by atoms with Gasteiger partial charge < -0.3 is 10.1 Å². The number of rotatable bonds is 11. The molecule has 1 saturated heterocycles. The average Bonchev–Trinajstić information content (AvgIpc) is 2.90. The minimum Gasteiger partial charge on any atom is -0.462 e. The van der Waals surface area contributed by atoms with Gasteiger partial charge in [-0.25, -0.2) is 9.79 Å². The van der Waals surface area contributed by atoms with Crippen LogP contribution in [0.5, 0.6) is 0 Å². The van der Waals surface area contributed by atoms with E-state index in [0.29, 0.717) is 17.8 Å². The number of esters is 1. The molecule has 0 aliphatic carbocycles. The second-order valence-corrected chi connectivity index (χ2v) is 10.2. The minimum atomic E-state index is -4.53. The van der Waals surface area contributed by atoms with Gasteiger partial charge in [-0.3, -0.25) is 14.5 Å². The highest BCUT2D eigenvalue weighted by atomic mass is 32.2. The van der Waals surface area contributed by atoms with Gasteiger partial charge >= 0.3 is 12.1 Å². The number of amides is 2. The number of carbonyl (C=O) groups is 3. The molecule has 7 nitrogen and oxygen atoms in total. The van der Waals surface area contributed by atoms with Crippen LogP contribution < -0.4 is 5.32 Å². The number of halogens is 3. The number of anilines is 1. The fraction of sp³-hybridized carbons (Fsp3) is 0.429. The second kappa shape index (κ2) is 14.2. The van der Waals surface area contributed by atoms with Crippen LogP contribution in [0.15, 0.2) is 53.5 Å². The third-order valence-electron chi connectivity index (χ3n) is 5.98. The molecule has 1 unspecified atom stereocenters. The smallest absolute Gasteiger partial charge is 0.416 e. The Hall–Kier alpha value is -3.34. The summed E-state index contributed by atoms with van der Waals surface area (Å²) in [6, 6.07) is 10.7. The summed E-state index contributed by atoms with van der Waals surface area (Å²) in [4.78, 5) is 43.9. The monoisotopic (exact) mass is 563 g/mol. The van der Waals surface area contributed by atoms with E-state index >= 15 is 0 Å². The first-order chi connectivity index (χ1) is 18.6. The average molecular weight is 564 g/mol. The zero-order valence-corrected chi connectivity index (χ0v) is 22.7. The lowest BCUT2D eigenvalue weighted by Crippen LogP contribution is -2.45. The van der Waals surface area contributed by atoms with Gasteiger partial charge in [0, 0.05) is 18.7 Å². The molecule has 1 aliphatic rings. The maximum absolute atomic E-state index is 13.2. The summed E-state index contributed by atoms with van der Waals surface area (Å²) >= 11 is 1.05. The fourth-order valence-corrected chi connectivity index (χ4v) is 5.05. The molecule has 0 saturated carbocycles. The maximum atomic E-state index is 13.2. The van der Waals surface area contributed by atoms with Crippen molar-refractivity contribution in [3.63, 3.8) is 0 Å². The first kappa shape index (κ1) is 30.2. The molecule has 1 aliphatic heterocycles. The molecule has 2 aromatic rings. The number of unbranched alkanes of at least 4 members (excludes halogenated alkanes) is 4. The van der Waals surface area contributed by atoms with Gasteiger partial charge in [-0.2, -0.15) is 13.2 Å². The first-order valence-corrected chi connectivity index (χ1v) is 13.8. The standard InChI is InChI=1S/C28H32F3N3O4S/c1-3-5-6-7-8-16-34-24(35)18-23(25(36)32-21-14-12-19(13-15-21)26(37)38-4-2)39-27(34)33-22-11-9-10-20(17-22)28(29,30)31/h9-15,17,23H,3-8,16,18H2,1-2H3,(H,32,36). The summed E-state index contributed by atoms with van der Waals surface area (Å²) < 4.78 is 44.7. The third kappa shape index (κ3) is 8.84. The van der Waals surface area contributed by atoms with Gasteiger partial charge in [0.25, 0.3) is 0 Å². The Balaban J connectivity index is 1.78. The lowest BCUT2D eigenvalue weighted by atomic mass is 10.1. The molecule has 3 rings (SSSR count). The maximum Gasteiger partial charge on any atom is 0.416 e. The van der Waals surface area contributed by atoms with Crippen LogP contribution in [-0.4, -0.2) is 46.3 Å². The summed E-state index contributed by atoms with van der Waals surface area (Å²) in [5.74, 6) is -1.24. The topological polar surface area (TPSA) is 88.1 Å². The highest BCUT2D eigenvalue weighted by molar-refractivity contribution is 8.15. The lowest BCUT2D eigenvalue weighted by Gasteiger charge is -2.32. The Bertz CT molecular complexity index is 1190. The van der Waals surface area contributed by atoms with Crippen LogP contribution in [-0.2, 0) is 20.5 Å². The van der Waals surface area contributed by atoms with E-state index in [0.717, 1.165) is 56.0 Å². The Morgan fingerprint density at radius 3 is 2.46 bits per heavy atom. The highest BCUT2D eigenvalue weighted by Gasteiger charge is 2.36. The molecular weight excluding hydrogens is 531 g/mol. The molecule has 1 N–H and O–H groups in total. The number of hydrogen-bond acceptors (Lipinski definition) is 6. The molecule has 0 bridgehead atoms. The van der Waals surface area contributed by atoms with Crippen molar-refractivity contribution in [2.75, 3.05) is 18.5 Å². The number of aliphatic imine (C=N–C) groups is 1. The number of thioether (sulfide) groups is 1. The number of carbonyl (C=O) groups excluding carboxylic acids is 3. The number of nitrogens with one attached hydrogen (secondary N) is 1. The number of alkyl halides is 3. The zero-order valence-electron chi connectivity index (χ0n) is 21.9. The molecule has 0 spiro atoms. The first-order valence-electron chi connectivity index (χ1n) is 12.9. The normalized spacial score (nSPS) is 16.8. The lowest BCUT2D eigenvalue weighted by molar-refractivity contribution is -0.137. The van der Waals surface area contributed by atoms with Crippen LogP contribution in [0, 0.1) is 0 Å². The summed E-state index contributed by atoms with van der Waals surface area (Å²) in [5.41, 5.74) is -0.0344. The summed E-state index contributed by atoms with van der Waals surface area (Å²) in [5, 5.41) is 2.10. The van der Waals surface area contributed by atoms with E-state index in [2.05, 4.69) is 17.2 Å². The van der Waals surface area contributed by atoms with E-state index in [1.54, 1.807) is 19.1 Å². The van der Waals surface area contributed by atoms with Crippen molar-refractivity contribution in [1.82, 2.24) is 4.90 Å². The second-order valence-electron chi connectivity index (χ2n) is 9.00. The Morgan fingerprint density at radius 1 is 1.08 bits per heavy atom. The Labute approximate surface area is 230 Å². The number of nitrogens with zero attached hydrogens (tertiary/aromatic N) is 2. The molecule has 2 aromatic carbocycles. The van der Waals surface area contributed by atoms with Crippen molar-refractivity contribution in [3.8, 4) is 0 Å². The van der Waals surface area contributed by atoms with Crippen molar-refractivity contribution in [1.29, 1.82) is 0 Å². The molecule has 2 amide bonds. The van der Waals surface area contributed by atoms with Crippen LogP contribution in [0.3, 0.4) is 0 Å². The molecule has 210 valence electrons. The molecule has 1 fully saturated rings. The van der Waals surface area contributed by atoms with Crippen LogP contribution in [0.1, 0.15) is 68.3 Å². The quantitative estimate of drug-likeness (QED) is 0.240. The van der Waals surface area contributed by atoms with Gasteiger partial charge in [-0.05, 0) is 55.8 Å². The van der Waals surface area contributed by atoms with E-state index < -0.39 is 28.9 Å². The molecule has 0 aromatic heterocycles. The van der Waals surface area contributed by atoms with Crippen molar-refractivity contribution in [2.24, 2.45) is 4.99 Å². The van der Waals surface area contributed by atoms with Gasteiger partial charge in [-0.15, -0.1) is 0 Å². The van der Waals surface area contributed by atoms with Gasteiger partial charge in [0.05, 0.1) is 23.4 Å². The van der Waals surface area contributed by atoms with Crippen LogP contribution in [0.4, 0.5) is 24.5 Å². The SMILES string of the molecule is CCCCCCCN1C(=O)CC(C(=O)Nc2ccc(C(=O)OCC)cc2)SC1=Nc1cccc(C(F)(F)F)c1. The third-order valence-corrected chi connectivity index (χ3v) is 7.17. The Kier molecular flexibility index (Phi) is 11.0. The largest absolute Gasteiger partial charge is 0.462 e. The molecule has 1 atom stereocenters. The molecule has 0 radical (unpaired) electrons. The van der Waals surface area contributed by atoms with E-state index in [9.17, 15) is 27.6 Å². The summed E-state index contributed by atoms with van der Waals surface area (Å²) in [6.45, 7) is 4.42. The summed E-state index contributed by atoms with van der Waals surface area (Å²) in [6.07, 6.45) is 0.193. The van der Waals surface area contributed by atoms with Crippen molar-refractivity contribution >= 4 is 46.1 Å². The molecular formula is C28H32F3N3O4S. The Morgan fingerprint density at radius 2 is 1.79 bits per heavy atom. The zero-order chi connectivity index (χ0) is 28.4. The molecule has 11 heteroatoms. The van der Waals surface area contributed by atoms with Gasteiger partial charge in [-0.1, -0.05) is 50.4 Å². The van der Waals surface area contributed by atoms with Gasteiger partial charge in [0.1, 0.15) is 5.25 Å². The van der Waals surface area contributed by atoms with Crippen molar-refractivity contribution < 1.29 is 32.3 Å². The van der Waals surface area contributed by atoms with E-state index in [-0.39, 0.29) is 29.8 Å². The van der Waals surface area contributed by atoms with E-state index in [4.69, 9.17) is 4.74 Å². The van der Waals surface area contributed by atoms with Gasteiger partial charge in [0.2, 0.25) is 11.8 Å². The van der Waals surface area contributed by atoms with Crippen LogP contribution in [0.2, 0.25) is 0 Å². The number of amidine groups is 1. The number of benzene rings is 2. The van der Waals surface area contributed by atoms with Gasteiger partial charge in [0.15, 0.2) is 5.17 Å². The van der Waals surface area contributed by atoms with Crippen molar-refractivity contribution in [3.05, 3.63) is 59.7 Å². The van der Waals surface area contributed by atoms with E-state index in [1.165, 1.54) is 29.2 Å². The van der Waals surface area contributed by atoms with E-state index in [1.807, 2.05) is 0 Å². The molecule has 1 heterocycles.